The summed E-state index contributed by atoms with van der Waals surface area (Å²) in [5.74, 6) is 0.152. The van der Waals surface area contributed by atoms with Gasteiger partial charge in [-0.2, -0.15) is 13.9 Å². The van der Waals surface area contributed by atoms with Crippen molar-refractivity contribution < 1.29 is 13.2 Å². The molecule has 2 aromatic carbocycles. The average molecular weight is 436 g/mol. The molecule has 9 heteroatoms. The van der Waals surface area contributed by atoms with Crippen LogP contribution in [0.4, 0.5) is 5.82 Å². The zero-order valence-corrected chi connectivity index (χ0v) is 17.5. The van der Waals surface area contributed by atoms with Gasteiger partial charge in [-0.3, -0.25) is 4.79 Å². The highest BCUT2D eigenvalue weighted by Gasteiger charge is 2.32. The van der Waals surface area contributed by atoms with Crippen LogP contribution in [-0.2, 0) is 14.8 Å². The van der Waals surface area contributed by atoms with Crippen LogP contribution in [0.15, 0.2) is 71.9 Å². The van der Waals surface area contributed by atoms with Gasteiger partial charge in [-0.1, -0.05) is 30.3 Å². The van der Waals surface area contributed by atoms with Crippen LogP contribution in [0.1, 0.15) is 12.8 Å². The van der Waals surface area contributed by atoms with Crippen molar-refractivity contribution in [1.82, 2.24) is 18.9 Å². The highest BCUT2D eigenvalue weighted by Crippen LogP contribution is 2.27. The van der Waals surface area contributed by atoms with Gasteiger partial charge in [0.05, 0.1) is 11.1 Å². The zero-order valence-electron chi connectivity index (χ0n) is 16.7. The molecule has 0 radical (unpaired) electrons. The lowest BCUT2D eigenvalue weighted by Gasteiger charge is -2.30. The number of piperidine rings is 1. The number of hydrogen-bond acceptors (Lipinski definition) is 5. The summed E-state index contributed by atoms with van der Waals surface area (Å²) in [7, 11) is -3.60. The number of sulfonamides is 1. The fourth-order valence-electron chi connectivity index (χ4n) is 3.99. The largest absolute Gasteiger partial charge is 0.310 e. The van der Waals surface area contributed by atoms with Crippen molar-refractivity contribution in [2.24, 2.45) is 5.92 Å². The van der Waals surface area contributed by atoms with E-state index < -0.39 is 10.0 Å². The predicted molar refractivity (Wildman–Crippen MR) is 117 cm³/mol. The lowest BCUT2D eigenvalue weighted by molar-refractivity contribution is -0.120. The molecule has 5 rings (SSSR count). The second kappa shape index (κ2) is 7.75. The number of aromatic nitrogens is 3. The fraction of sp³-hybridized carbons (Fsp3) is 0.227. The lowest BCUT2D eigenvalue weighted by atomic mass is 9.97. The summed E-state index contributed by atoms with van der Waals surface area (Å²) < 4.78 is 29.3. The molecule has 3 heterocycles. The Labute approximate surface area is 179 Å². The minimum atomic E-state index is -3.60. The molecule has 2 aromatic heterocycles. The third-order valence-electron chi connectivity index (χ3n) is 5.72. The molecule has 1 N–H and O–H groups in total. The Hall–Kier alpha value is -3.30. The molecule has 1 aliphatic rings. The Morgan fingerprint density at radius 1 is 0.968 bits per heavy atom. The normalized spacial score (nSPS) is 16.0. The first kappa shape index (κ1) is 19.7. The van der Waals surface area contributed by atoms with Crippen LogP contribution >= 0.6 is 0 Å². The average Bonchev–Trinajstić information content (AvgIpc) is 3.29. The highest BCUT2D eigenvalue weighted by molar-refractivity contribution is 7.89. The van der Waals surface area contributed by atoms with Crippen molar-refractivity contribution in [2.75, 3.05) is 18.4 Å². The van der Waals surface area contributed by atoms with Gasteiger partial charge in [0, 0.05) is 31.3 Å². The first-order valence-electron chi connectivity index (χ1n) is 10.1. The van der Waals surface area contributed by atoms with E-state index in [4.69, 9.17) is 0 Å². The number of rotatable bonds is 4. The highest BCUT2D eigenvalue weighted by atomic mass is 32.2. The second-order valence-electron chi connectivity index (χ2n) is 7.61. The molecular weight excluding hydrogens is 414 g/mol. The summed E-state index contributed by atoms with van der Waals surface area (Å²) in [6.45, 7) is 0.613. The van der Waals surface area contributed by atoms with E-state index in [9.17, 15) is 13.2 Å². The third-order valence-corrected chi connectivity index (χ3v) is 7.62. The van der Waals surface area contributed by atoms with Gasteiger partial charge >= 0.3 is 0 Å². The van der Waals surface area contributed by atoms with Gasteiger partial charge in [-0.15, -0.1) is 0 Å². The van der Waals surface area contributed by atoms with E-state index in [2.05, 4.69) is 15.4 Å². The summed E-state index contributed by atoms with van der Waals surface area (Å²) >= 11 is 0. The summed E-state index contributed by atoms with van der Waals surface area (Å²) in [5.41, 5.74) is 0.647. The van der Waals surface area contributed by atoms with E-state index in [-0.39, 0.29) is 16.7 Å². The van der Waals surface area contributed by atoms with E-state index >= 15 is 0 Å². The molecule has 1 fully saturated rings. The van der Waals surface area contributed by atoms with Gasteiger partial charge in [0.2, 0.25) is 15.9 Å². The molecule has 31 heavy (non-hydrogen) atoms. The van der Waals surface area contributed by atoms with E-state index in [1.807, 2.05) is 30.3 Å². The number of nitrogens with zero attached hydrogens (tertiary/aromatic N) is 4. The first-order chi connectivity index (χ1) is 15.0. The van der Waals surface area contributed by atoms with Gasteiger partial charge in [0.25, 0.3) is 0 Å². The number of anilines is 1. The maximum absolute atomic E-state index is 13.1. The van der Waals surface area contributed by atoms with Crippen molar-refractivity contribution in [3.05, 3.63) is 67.0 Å². The first-order valence-corrected chi connectivity index (χ1v) is 11.5. The van der Waals surface area contributed by atoms with Gasteiger partial charge in [0.15, 0.2) is 5.65 Å². The van der Waals surface area contributed by atoms with Crippen LogP contribution < -0.4 is 5.32 Å². The quantitative estimate of drug-likeness (QED) is 0.532. The van der Waals surface area contributed by atoms with Gasteiger partial charge in [0.1, 0.15) is 5.82 Å². The van der Waals surface area contributed by atoms with Crippen molar-refractivity contribution in [1.29, 1.82) is 0 Å². The van der Waals surface area contributed by atoms with E-state index in [0.29, 0.717) is 37.4 Å². The molecule has 158 valence electrons. The minimum Gasteiger partial charge on any atom is -0.310 e. The SMILES string of the molecule is O=C(Nc1ccnc2ccnn12)C1CCN(S(=O)(=O)c2ccc3ccccc3c2)CC1. The van der Waals surface area contributed by atoms with E-state index in [0.717, 1.165) is 10.8 Å². The van der Waals surface area contributed by atoms with Gasteiger partial charge in [-0.05, 0) is 41.8 Å². The molecular formula is C22H21N5O3S. The number of benzene rings is 2. The molecule has 0 bridgehead atoms. The summed E-state index contributed by atoms with van der Waals surface area (Å²) in [6.07, 6.45) is 4.16. The molecule has 0 saturated carbocycles. The molecule has 8 nitrogen and oxygen atoms in total. The smallest absolute Gasteiger partial charge is 0.243 e. The summed E-state index contributed by atoms with van der Waals surface area (Å²) in [4.78, 5) is 17.2. The van der Waals surface area contributed by atoms with Crippen molar-refractivity contribution in [3.63, 3.8) is 0 Å². The molecule has 0 unspecified atom stereocenters. The molecule has 1 aliphatic heterocycles. The minimum absolute atomic E-state index is 0.134. The van der Waals surface area contributed by atoms with Gasteiger partial charge < -0.3 is 5.32 Å². The van der Waals surface area contributed by atoms with Crippen LogP contribution in [0, 0.1) is 5.92 Å². The maximum atomic E-state index is 13.1. The number of nitrogens with one attached hydrogen (secondary N) is 1. The van der Waals surface area contributed by atoms with Crippen molar-refractivity contribution in [3.8, 4) is 0 Å². The fourth-order valence-corrected chi connectivity index (χ4v) is 5.50. The molecule has 1 saturated heterocycles. The van der Waals surface area contributed by atoms with Gasteiger partial charge in [-0.25, -0.2) is 13.4 Å². The van der Waals surface area contributed by atoms with E-state index in [1.165, 1.54) is 4.31 Å². The van der Waals surface area contributed by atoms with Crippen LogP contribution in [0.3, 0.4) is 0 Å². The maximum Gasteiger partial charge on any atom is 0.243 e. The van der Waals surface area contributed by atoms with Crippen LogP contribution in [0.2, 0.25) is 0 Å². The molecule has 0 atom stereocenters. The van der Waals surface area contributed by atoms with Crippen LogP contribution in [-0.4, -0.2) is 46.3 Å². The number of carbonyl (C=O) groups excluding carboxylic acids is 1. The number of carbonyl (C=O) groups is 1. The van der Waals surface area contributed by atoms with Crippen molar-refractivity contribution >= 4 is 38.2 Å². The molecule has 4 aromatic rings. The lowest BCUT2D eigenvalue weighted by Crippen LogP contribution is -2.41. The standard InChI is InChI=1S/C22H21N5O3S/c28-22(25-21-7-11-23-20-8-12-24-27(20)21)17-9-13-26(14-10-17)31(29,30)19-6-5-16-3-1-2-4-18(16)15-19/h1-8,11-12,15,17H,9-10,13-14H2,(H,25,28). The Kier molecular flexibility index (Phi) is 4.91. The zero-order chi connectivity index (χ0) is 21.4. The molecule has 0 aliphatic carbocycles. The predicted octanol–water partition coefficient (Wildman–Crippen LogP) is 2.92. The number of fused-ring (bicyclic) bond motifs is 2. The number of hydrogen-bond donors (Lipinski definition) is 1. The summed E-state index contributed by atoms with van der Waals surface area (Å²) in [6, 6.07) is 16.3. The third kappa shape index (κ3) is 3.66. The molecule has 0 spiro atoms. The molecule has 1 amide bonds. The topological polar surface area (TPSA) is 96.7 Å². The van der Waals surface area contributed by atoms with E-state index in [1.54, 1.807) is 41.2 Å². The van der Waals surface area contributed by atoms with Crippen molar-refractivity contribution in [2.45, 2.75) is 17.7 Å². The Morgan fingerprint density at radius 3 is 2.55 bits per heavy atom. The van der Waals surface area contributed by atoms with Crippen LogP contribution in [0.25, 0.3) is 16.4 Å². The number of amides is 1. The Balaban J connectivity index is 1.28. The summed E-state index contributed by atoms with van der Waals surface area (Å²) in [5, 5.41) is 8.96. The monoisotopic (exact) mass is 435 g/mol. The van der Waals surface area contributed by atoms with Crippen LogP contribution in [0.5, 0.6) is 0 Å². The Bertz CT molecular complexity index is 1370. The second-order valence-corrected chi connectivity index (χ2v) is 9.55. The Morgan fingerprint density at radius 2 is 1.74 bits per heavy atom.